The van der Waals surface area contributed by atoms with Crippen molar-refractivity contribution in [2.75, 3.05) is 19.8 Å². The molecule has 0 aromatic heterocycles. The molecule has 84 valence electrons. The van der Waals surface area contributed by atoms with E-state index in [1.165, 1.54) is 6.92 Å². The molecule has 0 aromatic rings. The number of ether oxygens (including phenoxy) is 1. The molecule has 0 bridgehead atoms. The lowest BCUT2D eigenvalue weighted by molar-refractivity contribution is -0.142. The summed E-state index contributed by atoms with van der Waals surface area (Å²) in [7, 11) is 0. The molecule has 0 saturated heterocycles. The van der Waals surface area contributed by atoms with Gasteiger partial charge in [0, 0.05) is 20.0 Å². The van der Waals surface area contributed by atoms with Crippen molar-refractivity contribution in [2.45, 2.75) is 19.8 Å². The smallest absolute Gasteiger partial charge is 0.303 e. The van der Waals surface area contributed by atoms with Gasteiger partial charge in [0.2, 0.25) is 0 Å². The van der Waals surface area contributed by atoms with Crippen LogP contribution in [0.5, 0.6) is 0 Å². The van der Waals surface area contributed by atoms with E-state index >= 15 is 0 Å². The molecule has 0 spiro atoms. The Bertz CT molecular complexity index is 138. The Morgan fingerprint density at radius 3 is 1.93 bits per heavy atom. The van der Waals surface area contributed by atoms with E-state index in [4.69, 9.17) is 15.3 Å². The molecule has 0 heterocycles. The second kappa shape index (κ2) is 11.9. The minimum absolute atomic E-state index is 0.0354. The van der Waals surface area contributed by atoms with Gasteiger partial charge in [-0.2, -0.15) is 0 Å². The Hall–Kier alpha value is -1.14. The third-order valence-electron chi connectivity index (χ3n) is 0.945. The van der Waals surface area contributed by atoms with Gasteiger partial charge in [0.05, 0.1) is 6.61 Å². The molecule has 14 heavy (non-hydrogen) atoms. The van der Waals surface area contributed by atoms with Crippen molar-refractivity contribution in [3.63, 3.8) is 0 Å². The van der Waals surface area contributed by atoms with Crippen molar-refractivity contribution < 1.29 is 29.6 Å². The van der Waals surface area contributed by atoms with Crippen LogP contribution in [0.25, 0.3) is 0 Å². The number of carbonyl (C=O) groups excluding carboxylic acids is 1. The standard InChI is InChI=1S/2C4H8O3/c1-4(6)7-3-2-5;5-3-1-2-4(6)7/h5H,2-3H2,1H3;5H,1-3H2,(H,6,7). The lowest BCUT2D eigenvalue weighted by Gasteiger charge is -1.93. The van der Waals surface area contributed by atoms with E-state index < -0.39 is 5.97 Å². The highest BCUT2D eigenvalue weighted by atomic mass is 16.5. The quantitative estimate of drug-likeness (QED) is 0.520. The highest BCUT2D eigenvalue weighted by Crippen LogP contribution is 1.83. The Balaban J connectivity index is 0. The van der Waals surface area contributed by atoms with E-state index in [1.807, 2.05) is 0 Å². The van der Waals surface area contributed by atoms with Crippen molar-refractivity contribution in [3.8, 4) is 0 Å². The van der Waals surface area contributed by atoms with Crippen LogP contribution < -0.4 is 0 Å². The number of carboxylic acid groups (broad SMARTS) is 1. The van der Waals surface area contributed by atoms with Crippen LogP contribution in [-0.4, -0.2) is 47.1 Å². The molecular weight excluding hydrogens is 192 g/mol. The Kier molecular flexibility index (Phi) is 13.0. The first-order chi connectivity index (χ1) is 6.54. The number of esters is 1. The summed E-state index contributed by atoms with van der Waals surface area (Å²) in [5, 5.41) is 24.0. The number of carboxylic acids is 1. The molecule has 3 N–H and O–H groups in total. The number of carbonyl (C=O) groups is 2. The summed E-state index contributed by atoms with van der Waals surface area (Å²) in [6.45, 7) is 1.27. The van der Waals surface area contributed by atoms with E-state index in [1.54, 1.807) is 0 Å². The van der Waals surface area contributed by atoms with Gasteiger partial charge in [-0.25, -0.2) is 0 Å². The summed E-state index contributed by atoms with van der Waals surface area (Å²) in [5.41, 5.74) is 0. The van der Waals surface area contributed by atoms with Crippen LogP contribution in [0.3, 0.4) is 0 Å². The maximum absolute atomic E-state index is 9.87. The zero-order valence-electron chi connectivity index (χ0n) is 8.10. The third-order valence-corrected chi connectivity index (χ3v) is 0.945. The minimum Gasteiger partial charge on any atom is -0.481 e. The third kappa shape index (κ3) is 22.4. The van der Waals surface area contributed by atoms with Crippen molar-refractivity contribution in [2.24, 2.45) is 0 Å². The van der Waals surface area contributed by atoms with E-state index in [-0.39, 0.29) is 32.2 Å². The summed E-state index contributed by atoms with van der Waals surface area (Å²) in [5.74, 6) is -1.21. The van der Waals surface area contributed by atoms with Crippen LogP contribution >= 0.6 is 0 Å². The first-order valence-corrected chi connectivity index (χ1v) is 4.11. The average Bonchev–Trinajstić information content (AvgIpc) is 2.12. The van der Waals surface area contributed by atoms with Crippen LogP contribution in [0.2, 0.25) is 0 Å². The molecule has 0 aliphatic heterocycles. The average molecular weight is 208 g/mol. The van der Waals surface area contributed by atoms with Crippen LogP contribution in [0, 0.1) is 0 Å². The normalized spacial score (nSPS) is 8.50. The summed E-state index contributed by atoms with van der Waals surface area (Å²) < 4.78 is 4.30. The molecule has 0 unspecified atom stereocenters. The predicted molar refractivity (Wildman–Crippen MR) is 47.7 cm³/mol. The van der Waals surface area contributed by atoms with Gasteiger partial charge in [0.15, 0.2) is 0 Å². The Labute approximate surface area is 82.1 Å². The first-order valence-electron chi connectivity index (χ1n) is 4.11. The molecule has 0 aliphatic rings. The summed E-state index contributed by atoms with van der Waals surface area (Å²) in [6.07, 6.45) is 0.422. The highest BCUT2D eigenvalue weighted by molar-refractivity contribution is 5.66. The molecule has 0 saturated carbocycles. The lowest BCUT2D eigenvalue weighted by Crippen LogP contribution is -2.03. The van der Waals surface area contributed by atoms with Crippen LogP contribution in [-0.2, 0) is 14.3 Å². The summed E-state index contributed by atoms with van der Waals surface area (Å²) >= 11 is 0. The second-order valence-electron chi connectivity index (χ2n) is 2.28. The number of aliphatic hydroxyl groups is 2. The van der Waals surface area contributed by atoms with Gasteiger partial charge in [0.1, 0.15) is 6.61 Å². The lowest BCUT2D eigenvalue weighted by atomic mass is 10.3. The number of aliphatic carboxylic acids is 1. The molecule has 0 radical (unpaired) electrons. The van der Waals surface area contributed by atoms with Crippen molar-refractivity contribution in [1.29, 1.82) is 0 Å². The fourth-order valence-corrected chi connectivity index (χ4v) is 0.420. The van der Waals surface area contributed by atoms with Gasteiger partial charge in [0.25, 0.3) is 0 Å². The molecule has 0 fully saturated rings. The predicted octanol–water partition coefficient (Wildman–Crippen LogP) is -0.615. The van der Waals surface area contributed by atoms with Crippen LogP contribution in [0.15, 0.2) is 0 Å². The molecule has 0 atom stereocenters. The summed E-state index contributed by atoms with van der Waals surface area (Å²) in [4.78, 5) is 19.5. The van der Waals surface area contributed by atoms with Gasteiger partial charge < -0.3 is 20.1 Å². The van der Waals surface area contributed by atoms with Gasteiger partial charge >= 0.3 is 11.9 Å². The molecule has 0 aliphatic carbocycles. The van der Waals surface area contributed by atoms with Crippen molar-refractivity contribution >= 4 is 11.9 Å². The van der Waals surface area contributed by atoms with Gasteiger partial charge in [-0.15, -0.1) is 0 Å². The highest BCUT2D eigenvalue weighted by Gasteiger charge is 1.91. The maximum Gasteiger partial charge on any atom is 0.303 e. The minimum atomic E-state index is -0.853. The molecule has 0 aromatic carbocycles. The van der Waals surface area contributed by atoms with Crippen LogP contribution in [0.1, 0.15) is 19.8 Å². The fourth-order valence-electron chi connectivity index (χ4n) is 0.420. The van der Waals surface area contributed by atoms with Gasteiger partial charge in [-0.05, 0) is 6.42 Å². The number of aliphatic hydroxyl groups excluding tert-OH is 2. The van der Waals surface area contributed by atoms with Crippen LogP contribution in [0.4, 0.5) is 0 Å². The molecule has 6 heteroatoms. The van der Waals surface area contributed by atoms with Gasteiger partial charge in [-0.1, -0.05) is 0 Å². The van der Waals surface area contributed by atoms with E-state index in [2.05, 4.69) is 4.74 Å². The van der Waals surface area contributed by atoms with E-state index in [9.17, 15) is 9.59 Å². The molecule has 6 nitrogen and oxygen atoms in total. The van der Waals surface area contributed by atoms with E-state index in [0.717, 1.165) is 0 Å². The number of hydrogen-bond donors (Lipinski definition) is 3. The topological polar surface area (TPSA) is 104 Å². The molecular formula is C8H16O6. The second-order valence-corrected chi connectivity index (χ2v) is 2.28. The fraction of sp³-hybridized carbons (Fsp3) is 0.750. The monoisotopic (exact) mass is 208 g/mol. The van der Waals surface area contributed by atoms with Crippen molar-refractivity contribution in [3.05, 3.63) is 0 Å². The zero-order chi connectivity index (χ0) is 11.4. The molecule has 0 amide bonds. The van der Waals surface area contributed by atoms with Crippen molar-refractivity contribution in [1.82, 2.24) is 0 Å². The number of hydrogen-bond acceptors (Lipinski definition) is 5. The molecule has 0 rings (SSSR count). The Morgan fingerprint density at radius 1 is 1.21 bits per heavy atom. The SMILES string of the molecule is CC(=O)OCCO.O=C(O)CCCO. The zero-order valence-corrected chi connectivity index (χ0v) is 8.10. The first kappa shape index (κ1) is 15.3. The van der Waals surface area contributed by atoms with Gasteiger partial charge in [-0.3, -0.25) is 9.59 Å². The van der Waals surface area contributed by atoms with E-state index in [0.29, 0.717) is 6.42 Å². The largest absolute Gasteiger partial charge is 0.481 e. The Morgan fingerprint density at radius 2 is 1.79 bits per heavy atom. The summed E-state index contributed by atoms with van der Waals surface area (Å²) in [6, 6.07) is 0. The maximum atomic E-state index is 9.87. The number of rotatable bonds is 5.